The quantitative estimate of drug-likeness (QED) is 0.671. The van der Waals surface area contributed by atoms with Crippen molar-refractivity contribution in [2.75, 3.05) is 45.9 Å². The summed E-state index contributed by atoms with van der Waals surface area (Å²) in [6.45, 7) is 7.19. The molecule has 2 amide bonds. The van der Waals surface area contributed by atoms with Crippen LogP contribution in [0.4, 0.5) is 0 Å². The van der Waals surface area contributed by atoms with E-state index in [0.29, 0.717) is 25.3 Å². The van der Waals surface area contributed by atoms with E-state index in [4.69, 9.17) is 4.74 Å². The van der Waals surface area contributed by atoms with Gasteiger partial charge in [-0.2, -0.15) is 0 Å². The van der Waals surface area contributed by atoms with Crippen LogP contribution < -0.4 is 5.32 Å². The van der Waals surface area contributed by atoms with Gasteiger partial charge in [0.1, 0.15) is 5.69 Å². The number of hydrogen-bond donors (Lipinski definition) is 1. The average molecular weight is 404 g/mol. The van der Waals surface area contributed by atoms with E-state index in [0.717, 1.165) is 44.8 Å². The van der Waals surface area contributed by atoms with Crippen LogP contribution in [0.1, 0.15) is 54.7 Å². The first-order valence-electron chi connectivity index (χ1n) is 10.8. The average Bonchev–Trinajstić information content (AvgIpc) is 3.25. The lowest BCUT2D eigenvalue weighted by molar-refractivity contribution is -0.121. The number of hydrogen-bond acceptors (Lipinski definition) is 6. The molecule has 2 fully saturated rings. The highest BCUT2D eigenvalue weighted by molar-refractivity contribution is 5.92. The van der Waals surface area contributed by atoms with Crippen LogP contribution in [0.5, 0.6) is 0 Å². The molecule has 2 aliphatic rings. The van der Waals surface area contributed by atoms with Crippen LogP contribution >= 0.6 is 0 Å². The first kappa shape index (κ1) is 21.6. The van der Waals surface area contributed by atoms with Crippen molar-refractivity contribution >= 4 is 11.8 Å². The number of carbonyl (C=O) groups excluding carboxylic acids is 2. The molecule has 1 atom stereocenters. The van der Waals surface area contributed by atoms with Gasteiger partial charge in [-0.3, -0.25) is 14.6 Å². The van der Waals surface area contributed by atoms with E-state index in [1.807, 2.05) is 6.92 Å². The Morgan fingerprint density at radius 3 is 2.72 bits per heavy atom. The molecular weight excluding hydrogens is 370 g/mol. The molecule has 8 nitrogen and oxygen atoms in total. The van der Waals surface area contributed by atoms with Crippen LogP contribution in [0.2, 0.25) is 0 Å². The number of piperidine rings is 1. The van der Waals surface area contributed by atoms with Crippen molar-refractivity contribution in [3.8, 4) is 0 Å². The SMILES string of the molecule is Cc1cnc(C(=O)N(CCC(=O)NCCN2CCCCC2)CC2CCCO2)cn1. The number of carbonyl (C=O) groups is 2. The molecule has 2 aliphatic heterocycles. The van der Waals surface area contributed by atoms with Crippen LogP contribution in [0.15, 0.2) is 12.4 Å². The maximum atomic E-state index is 12.9. The third-order valence-corrected chi connectivity index (χ3v) is 5.54. The first-order chi connectivity index (χ1) is 14.1. The second kappa shape index (κ2) is 11.2. The zero-order valence-corrected chi connectivity index (χ0v) is 17.4. The number of nitrogens with zero attached hydrogens (tertiary/aromatic N) is 4. The molecule has 0 aliphatic carbocycles. The molecule has 160 valence electrons. The van der Waals surface area contributed by atoms with Crippen LogP contribution in [-0.2, 0) is 9.53 Å². The smallest absolute Gasteiger partial charge is 0.274 e. The van der Waals surface area contributed by atoms with E-state index in [1.54, 1.807) is 11.1 Å². The number of aromatic nitrogens is 2. The van der Waals surface area contributed by atoms with Crippen molar-refractivity contribution in [1.82, 2.24) is 25.1 Å². The summed E-state index contributed by atoms with van der Waals surface area (Å²) in [6.07, 6.45) is 9.13. The summed E-state index contributed by atoms with van der Waals surface area (Å²) in [5.41, 5.74) is 1.07. The van der Waals surface area contributed by atoms with Gasteiger partial charge in [-0.15, -0.1) is 0 Å². The Labute approximate surface area is 173 Å². The lowest BCUT2D eigenvalue weighted by Gasteiger charge is -2.26. The van der Waals surface area contributed by atoms with Crippen molar-refractivity contribution < 1.29 is 14.3 Å². The van der Waals surface area contributed by atoms with E-state index in [9.17, 15) is 9.59 Å². The number of rotatable bonds is 9. The van der Waals surface area contributed by atoms with Gasteiger partial charge in [-0.25, -0.2) is 4.98 Å². The fraction of sp³-hybridized carbons (Fsp3) is 0.714. The molecule has 3 heterocycles. The minimum absolute atomic E-state index is 0.0258. The molecule has 1 aromatic rings. The Balaban J connectivity index is 1.48. The molecule has 1 unspecified atom stereocenters. The molecule has 0 spiro atoms. The molecular formula is C21H33N5O3. The molecule has 0 aromatic carbocycles. The monoisotopic (exact) mass is 403 g/mol. The van der Waals surface area contributed by atoms with Crippen molar-refractivity contribution in [2.24, 2.45) is 0 Å². The van der Waals surface area contributed by atoms with Crippen molar-refractivity contribution in [3.63, 3.8) is 0 Å². The Bertz CT molecular complexity index is 655. The lowest BCUT2D eigenvalue weighted by Crippen LogP contribution is -2.41. The zero-order valence-electron chi connectivity index (χ0n) is 17.4. The summed E-state index contributed by atoms with van der Waals surface area (Å²) < 4.78 is 5.69. The topological polar surface area (TPSA) is 87.7 Å². The minimum atomic E-state index is -0.200. The summed E-state index contributed by atoms with van der Waals surface area (Å²) in [7, 11) is 0. The van der Waals surface area contributed by atoms with Gasteiger partial charge in [0.05, 0.1) is 18.0 Å². The first-order valence-corrected chi connectivity index (χ1v) is 10.8. The van der Waals surface area contributed by atoms with Gasteiger partial charge < -0.3 is 19.9 Å². The van der Waals surface area contributed by atoms with Gasteiger partial charge in [0.25, 0.3) is 5.91 Å². The normalized spacial score (nSPS) is 19.8. The van der Waals surface area contributed by atoms with Gasteiger partial charge in [0.15, 0.2) is 0 Å². The molecule has 0 saturated carbocycles. The molecule has 8 heteroatoms. The largest absolute Gasteiger partial charge is 0.376 e. The highest BCUT2D eigenvalue weighted by Crippen LogP contribution is 2.15. The molecule has 2 saturated heterocycles. The van der Waals surface area contributed by atoms with Gasteiger partial charge in [-0.05, 0) is 45.7 Å². The van der Waals surface area contributed by atoms with Gasteiger partial charge in [0, 0.05) is 45.4 Å². The number of likely N-dealkylation sites (tertiary alicyclic amines) is 1. The van der Waals surface area contributed by atoms with E-state index >= 15 is 0 Å². The molecule has 0 bridgehead atoms. The predicted molar refractivity (Wildman–Crippen MR) is 110 cm³/mol. The van der Waals surface area contributed by atoms with E-state index < -0.39 is 0 Å². The molecule has 1 aromatic heterocycles. The van der Waals surface area contributed by atoms with Crippen LogP contribution in [0, 0.1) is 6.92 Å². The second-order valence-electron chi connectivity index (χ2n) is 7.93. The molecule has 3 rings (SSSR count). The van der Waals surface area contributed by atoms with Crippen LogP contribution in [-0.4, -0.2) is 83.6 Å². The highest BCUT2D eigenvalue weighted by atomic mass is 16.5. The maximum absolute atomic E-state index is 12.9. The van der Waals surface area contributed by atoms with Gasteiger partial charge in [-0.1, -0.05) is 6.42 Å². The minimum Gasteiger partial charge on any atom is -0.376 e. The van der Waals surface area contributed by atoms with Crippen molar-refractivity contribution in [1.29, 1.82) is 0 Å². The number of nitrogens with one attached hydrogen (secondary N) is 1. The highest BCUT2D eigenvalue weighted by Gasteiger charge is 2.25. The summed E-state index contributed by atoms with van der Waals surface area (Å²) in [4.78, 5) is 37.7. The standard InChI is InChI=1S/C21H33N5O3/c1-17-14-24-19(15-23-17)21(28)26(16-18-6-5-13-29-18)11-7-20(27)22-8-12-25-9-3-2-4-10-25/h14-15,18H,2-13,16H2,1H3,(H,22,27). The third kappa shape index (κ3) is 7.04. The lowest BCUT2D eigenvalue weighted by atomic mass is 10.1. The van der Waals surface area contributed by atoms with Crippen molar-refractivity contribution in [3.05, 3.63) is 23.8 Å². The van der Waals surface area contributed by atoms with E-state index in [1.165, 1.54) is 25.5 Å². The Morgan fingerprint density at radius 1 is 1.21 bits per heavy atom. The van der Waals surface area contributed by atoms with Crippen LogP contribution in [0.25, 0.3) is 0 Å². The van der Waals surface area contributed by atoms with Crippen molar-refractivity contribution in [2.45, 2.75) is 51.6 Å². The zero-order chi connectivity index (χ0) is 20.5. The number of ether oxygens (including phenoxy) is 1. The number of amides is 2. The summed E-state index contributed by atoms with van der Waals surface area (Å²) in [6, 6.07) is 0. The Morgan fingerprint density at radius 2 is 2.03 bits per heavy atom. The van der Waals surface area contributed by atoms with E-state index in [-0.39, 0.29) is 24.3 Å². The third-order valence-electron chi connectivity index (χ3n) is 5.54. The van der Waals surface area contributed by atoms with E-state index in [2.05, 4.69) is 20.2 Å². The fourth-order valence-corrected chi connectivity index (χ4v) is 3.84. The molecule has 29 heavy (non-hydrogen) atoms. The predicted octanol–water partition coefficient (Wildman–Crippen LogP) is 1.40. The summed E-state index contributed by atoms with van der Waals surface area (Å²) >= 11 is 0. The number of aryl methyl sites for hydroxylation is 1. The Hall–Kier alpha value is -2.06. The maximum Gasteiger partial charge on any atom is 0.274 e. The van der Waals surface area contributed by atoms with Gasteiger partial charge >= 0.3 is 0 Å². The molecule has 1 N–H and O–H groups in total. The fourth-order valence-electron chi connectivity index (χ4n) is 3.84. The summed E-state index contributed by atoms with van der Waals surface area (Å²) in [5.74, 6) is -0.226. The van der Waals surface area contributed by atoms with Gasteiger partial charge in [0.2, 0.25) is 5.91 Å². The molecule has 0 radical (unpaired) electrons. The second-order valence-corrected chi connectivity index (χ2v) is 7.93. The Kier molecular flexibility index (Phi) is 8.37. The van der Waals surface area contributed by atoms with Crippen LogP contribution in [0.3, 0.4) is 0 Å². The summed E-state index contributed by atoms with van der Waals surface area (Å²) in [5, 5.41) is 2.99.